The quantitative estimate of drug-likeness (QED) is 0.449. The van der Waals surface area contributed by atoms with Crippen molar-refractivity contribution in [2.45, 2.75) is 27.7 Å². The smallest absolute Gasteiger partial charge is 0.259 e. The van der Waals surface area contributed by atoms with E-state index in [-0.39, 0.29) is 12.5 Å². The van der Waals surface area contributed by atoms with Crippen LogP contribution in [0.5, 0.6) is 0 Å². The van der Waals surface area contributed by atoms with E-state index in [0.717, 1.165) is 38.9 Å². The molecule has 1 heterocycles. The van der Waals surface area contributed by atoms with Crippen LogP contribution in [-0.4, -0.2) is 23.2 Å². The number of anilines is 1. The van der Waals surface area contributed by atoms with Crippen LogP contribution in [0.4, 0.5) is 5.69 Å². The first-order valence-corrected chi connectivity index (χ1v) is 9.81. The third-order valence-corrected chi connectivity index (χ3v) is 5.19. The van der Waals surface area contributed by atoms with E-state index in [2.05, 4.69) is 20.4 Å². The fraction of sp³-hybridized carbons (Fsp3) is 0.217. The largest absolute Gasteiger partial charge is 0.376 e. The Balaban J connectivity index is 1.64. The van der Waals surface area contributed by atoms with Crippen molar-refractivity contribution in [3.63, 3.8) is 0 Å². The molecule has 0 aliphatic rings. The van der Waals surface area contributed by atoms with Gasteiger partial charge in [-0.25, -0.2) is 5.43 Å². The number of nitrogens with zero attached hydrogens (tertiary/aromatic N) is 2. The zero-order chi connectivity index (χ0) is 21.0. The SMILES string of the molecule is Cc1ccc(NCC(=O)N/N=C\c2cc(C)n(-c3ccc(C)c(Cl)c3)c2C)cc1. The predicted molar refractivity (Wildman–Crippen MR) is 120 cm³/mol. The summed E-state index contributed by atoms with van der Waals surface area (Å²) >= 11 is 6.28. The molecule has 0 bridgehead atoms. The van der Waals surface area contributed by atoms with E-state index in [1.54, 1.807) is 6.21 Å². The number of hydrogen-bond acceptors (Lipinski definition) is 3. The van der Waals surface area contributed by atoms with E-state index in [9.17, 15) is 4.79 Å². The summed E-state index contributed by atoms with van der Waals surface area (Å²) in [6.07, 6.45) is 1.67. The molecule has 0 aliphatic carbocycles. The van der Waals surface area contributed by atoms with Crippen LogP contribution in [0.15, 0.2) is 53.6 Å². The molecule has 0 atom stereocenters. The molecule has 29 heavy (non-hydrogen) atoms. The lowest BCUT2D eigenvalue weighted by atomic mass is 10.2. The van der Waals surface area contributed by atoms with Gasteiger partial charge in [0.2, 0.25) is 0 Å². The van der Waals surface area contributed by atoms with Crippen molar-refractivity contribution >= 4 is 29.4 Å². The predicted octanol–water partition coefficient (Wildman–Crippen LogP) is 4.93. The molecule has 2 N–H and O–H groups in total. The number of hydrogen-bond donors (Lipinski definition) is 2. The minimum absolute atomic E-state index is 0.154. The Morgan fingerprint density at radius 1 is 1.07 bits per heavy atom. The van der Waals surface area contributed by atoms with Crippen LogP contribution in [-0.2, 0) is 4.79 Å². The second-order valence-corrected chi connectivity index (χ2v) is 7.52. The maximum absolute atomic E-state index is 12.0. The zero-order valence-electron chi connectivity index (χ0n) is 17.1. The van der Waals surface area contributed by atoms with Crippen molar-refractivity contribution in [2.24, 2.45) is 5.10 Å². The van der Waals surface area contributed by atoms with Crippen molar-refractivity contribution in [1.82, 2.24) is 9.99 Å². The van der Waals surface area contributed by atoms with Crippen LogP contribution in [0.2, 0.25) is 5.02 Å². The van der Waals surface area contributed by atoms with Gasteiger partial charge in [0.15, 0.2) is 0 Å². The molecule has 5 nitrogen and oxygen atoms in total. The topological polar surface area (TPSA) is 58.4 Å². The minimum Gasteiger partial charge on any atom is -0.376 e. The van der Waals surface area contributed by atoms with Gasteiger partial charge in [0.05, 0.1) is 12.8 Å². The number of nitrogens with one attached hydrogen (secondary N) is 2. The van der Waals surface area contributed by atoms with Crippen LogP contribution in [0, 0.1) is 27.7 Å². The minimum atomic E-state index is -0.207. The van der Waals surface area contributed by atoms with E-state index in [1.807, 2.05) is 76.2 Å². The molecule has 3 aromatic rings. The first-order valence-electron chi connectivity index (χ1n) is 9.43. The molecule has 1 amide bonds. The van der Waals surface area contributed by atoms with Gasteiger partial charge in [0.25, 0.3) is 5.91 Å². The highest BCUT2D eigenvalue weighted by Gasteiger charge is 2.10. The van der Waals surface area contributed by atoms with Crippen molar-refractivity contribution in [3.05, 3.63) is 81.6 Å². The lowest BCUT2D eigenvalue weighted by molar-refractivity contribution is -0.119. The van der Waals surface area contributed by atoms with Gasteiger partial charge in [-0.05, 0) is 63.6 Å². The number of amides is 1. The van der Waals surface area contributed by atoms with Gasteiger partial charge in [-0.2, -0.15) is 5.10 Å². The highest BCUT2D eigenvalue weighted by atomic mass is 35.5. The average molecular weight is 409 g/mol. The van der Waals surface area contributed by atoms with Gasteiger partial charge in [-0.1, -0.05) is 35.4 Å². The number of benzene rings is 2. The highest BCUT2D eigenvalue weighted by Crippen LogP contribution is 2.24. The summed E-state index contributed by atoms with van der Waals surface area (Å²) in [5.74, 6) is -0.207. The second kappa shape index (κ2) is 8.97. The van der Waals surface area contributed by atoms with Crippen LogP contribution in [0.3, 0.4) is 0 Å². The molecule has 0 unspecified atom stereocenters. The average Bonchev–Trinajstić information content (AvgIpc) is 2.97. The Morgan fingerprint density at radius 3 is 2.48 bits per heavy atom. The maximum atomic E-state index is 12.0. The van der Waals surface area contributed by atoms with Crippen LogP contribution in [0.25, 0.3) is 5.69 Å². The molecule has 1 aromatic heterocycles. The lowest BCUT2D eigenvalue weighted by Crippen LogP contribution is -2.25. The summed E-state index contributed by atoms with van der Waals surface area (Å²) in [6, 6.07) is 15.9. The number of aromatic nitrogens is 1. The molecule has 0 aliphatic heterocycles. The number of carbonyl (C=O) groups excluding carboxylic acids is 1. The number of halogens is 1. The van der Waals surface area contributed by atoms with Gasteiger partial charge >= 0.3 is 0 Å². The summed E-state index contributed by atoms with van der Waals surface area (Å²) in [7, 11) is 0. The summed E-state index contributed by atoms with van der Waals surface area (Å²) in [4.78, 5) is 12.0. The Bertz CT molecular complexity index is 1050. The van der Waals surface area contributed by atoms with E-state index in [0.29, 0.717) is 0 Å². The highest BCUT2D eigenvalue weighted by molar-refractivity contribution is 6.31. The Labute approximate surface area is 176 Å². The molecular formula is C23H25ClN4O. The summed E-state index contributed by atoms with van der Waals surface area (Å²) in [5, 5.41) is 7.91. The second-order valence-electron chi connectivity index (χ2n) is 7.11. The molecule has 0 spiro atoms. The van der Waals surface area contributed by atoms with E-state index in [1.165, 1.54) is 5.56 Å². The Hall–Kier alpha value is -3.05. The van der Waals surface area contributed by atoms with Crippen LogP contribution >= 0.6 is 11.6 Å². The standard InChI is InChI=1S/C23H25ClN4O/c1-15-5-8-20(9-6-15)25-14-23(29)27-26-13-19-11-17(3)28(18(19)4)21-10-7-16(2)22(24)12-21/h5-13,25H,14H2,1-4H3,(H,27,29)/b26-13-. The monoisotopic (exact) mass is 408 g/mol. The van der Waals surface area contributed by atoms with Gasteiger partial charge < -0.3 is 9.88 Å². The van der Waals surface area contributed by atoms with Gasteiger partial charge in [-0.15, -0.1) is 0 Å². The van der Waals surface area contributed by atoms with Crippen molar-refractivity contribution in [1.29, 1.82) is 0 Å². The molecule has 0 saturated carbocycles. The van der Waals surface area contributed by atoms with Crippen molar-refractivity contribution in [3.8, 4) is 5.69 Å². The van der Waals surface area contributed by atoms with E-state index < -0.39 is 0 Å². The van der Waals surface area contributed by atoms with E-state index >= 15 is 0 Å². The number of carbonyl (C=O) groups is 1. The fourth-order valence-electron chi connectivity index (χ4n) is 3.10. The first-order chi connectivity index (χ1) is 13.8. The first kappa shape index (κ1) is 20.7. The third-order valence-electron chi connectivity index (χ3n) is 4.78. The summed E-state index contributed by atoms with van der Waals surface area (Å²) in [6.45, 7) is 8.21. The molecule has 0 radical (unpaired) electrons. The molecule has 2 aromatic carbocycles. The number of hydrazone groups is 1. The molecule has 150 valence electrons. The molecule has 6 heteroatoms. The number of rotatable bonds is 6. The van der Waals surface area contributed by atoms with Crippen LogP contribution in [0.1, 0.15) is 28.1 Å². The third kappa shape index (κ3) is 5.06. The van der Waals surface area contributed by atoms with Crippen LogP contribution < -0.4 is 10.7 Å². The number of aryl methyl sites for hydroxylation is 3. The molecule has 3 rings (SSSR count). The zero-order valence-corrected chi connectivity index (χ0v) is 17.8. The maximum Gasteiger partial charge on any atom is 0.259 e. The Kier molecular flexibility index (Phi) is 6.39. The van der Waals surface area contributed by atoms with Crippen molar-refractivity contribution in [2.75, 3.05) is 11.9 Å². The normalized spacial score (nSPS) is 11.1. The van der Waals surface area contributed by atoms with E-state index in [4.69, 9.17) is 11.6 Å². The lowest BCUT2D eigenvalue weighted by Gasteiger charge is -2.11. The fourth-order valence-corrected chi connectivity index (χ4v) is 3.28. The van der Waals surface area contributed by atoms with Gasteiger partial charge in [-0.3, -0.25) is 4.79 Å². The molecule has 0 saturated heterocycles. The Morgan fingerprint density at radius 2 is 1.79 bits per heavy atom. The molecular weight excluding hydrogens is 384 g/mol. The summed E-state index contributed by atoms with van der Waals surface area (Å²) in [5.41, 5.74) is 9.71. The molecule has 0 fully saturated rings. The summed E-state index contributed by atoms with van der Waals surface area (Å²) < 4.78 is 2.12. The van der Waals surface area contributed by atoms with Crippen molar-refractivity contribution < 1.29 is 4.79 Å². The van der Waals surface area contributed by atoms with Gasteiger partial charge in [0, 0.05) is 33.3 Å². The van der Waals surface area contributed by atoms with Gasteiger partial charge in [0.1, 0.15) is 0 Å².